The van der Waals surface area contributed by atoms with Crippen LogP contribution in [0, 0.1) is 0 Å². The third-order valence-corrected chi connectivity index (χ3v) is 4.65. The first kappa shape index (κ1) is 21.4. The summed E-state index contributed by atoms with van der Waals surface area (Å²) in [6, 6.07) is 2.97. The molecule has 0 aliphatic carbocycles. The molecule has 0 N–H and O–H groups in total. The summed E-state index contributed by atoms with van der Waals surface area (Å²) < 4.78 is 16.3. The largest absolute Gasteiger partial charge is 0.493 e. The maximum absolute atomic E-state index is 12.6. The molecule has 1 fully saturated rings. The second-order valence-corrected chi connectivity index (χ2v) is 7.35. The van der Waals surface area contributed by atoms with Gasteiger partial charge in [-0.05, 0) is 45.7 Å². The molecule has 1 aromatic rings. The van der Waals surface area contributed by atoms with Crippen LogP contribution in [0.2, 0.25) is 5.02 Å². The molecule has 1 aromatic carbocycles. The van der Waals surface area contributed by atoms with E-state index in [1.54, 1.807) is 11.8 Å². The molecule has 1 amide bonds. The molecule has 150 valence electrons. The molecule has 0 saturated carbocycles. The van der Waals surface area contributed by atoms with Gasteiger partial charge in [0.1, 0.15) is 0 Å². The standard InChI is InChI=1S/C20H28ClNO5/c1-13(2)26-18-16(21)11-15(12-17(18)25-4)20(24)27-14(3)19(23)22-9-7-5-6-8-10-22/h11-14H,5-10H2,1-4H3. The number of methoxy groups -OCH3 is 1. The Morgan fingerprint density at radius 2 is 1.70 bits per heavy atom. The molecule has 1 aliphatic heterocycles. The smallest absolute Gasteiger partial charge is 0.339 e. The lowest BCUT2D eigenvalue weighted by Crippen LogP contribution is -2.40. The van der Waals surface area contributed by atoms with Gasteiger partial charge < -0.3 is 19.1 Å². The third kappa shape index (κ3) is 5.76. The normalized spacial score (nSPS) is 15.9. The average molecular weight is 398 g/mol. The zero-order chi connectivity index (χ0) is 20.0. The van der Waals surface area contributed by atoms with E-state index in [-0.39, 0.29) is 22.6 Å². The van der Waals surface area contributed by atoms with E-state index in [0.717, 1.165) is 25.7 Å². The minimum atomic E-state index is -0.855. The first-order valence-corrected chi connectivity index (χ1v) is 9.75. The lowest BCUT2D eigenvalue weighted by atomic mass is 10.2. The molecule has 6 nitrogen and oxygen atoms in total. The number of benzene rings is 1. The number of ether oxygens (including phenoxy) is 3. The van der Waals surface area contributed by atoms with Crippen molar-refractivity contribution in [3.05, 3.63) is 22.7 Å². The van der Waals surface area contributed by atoms with Crippen LogP contribution in [-0.2, 0) is 9.53 Å². The van der Waals surface area contributed by atoms with Gasteiger partial charge in [0.05, 0.1) is 23.8 Å². The molecule has 7 heteroatoms. The molecular weight excluding hydrogens is 370 g/mol. The van der Waals surface area contributed by atoms with Crippen LogP contribution in [0.15, 0.2) is 12.1 Å². The second-order valence-electron chi connectivity index (χ2n) is 6.94. The van der Waals surface area contributed by atoms with Crippen molar-refractivity contribution in [3.63, 3.8) is 0 Å². The fourth-order valence-corrected chi connectivity index (χ4v) is 3.27. The topological polar surface area (TPSA) is 65.1 Å². The zero-order valence-corrected chi connectivity index (χ0v) is 17.2. The van der Waals surface area contributed by atoms with Crippen LogP contribution in [0.5, 0.6) is 11.5 Å². The Hall–Kier alpha value is -1.95. The van der Waals surface area contributed by atoms with Gasteiger partial charge in [-0.1, -0.05) is 24.4 Å². The fourth-order valence-electron chi connectivity index (χ4n) is 3.01. The summed E-state index contributed by atoms with van der Waals surface area (Å²) in [6.45, 7) is 6.76. The van der Waals surface area contributed by atoms with Crippen LogP contribution in [0.4, 0.5) is 0 Å². The van der Waals surface area contributed by atoms with Gasteiger partial charge in [0, 0.05) is 13.1 Å². The van der Waals surface area contributed by atoms with Gasteiger partial charge in [-0.25, -0.2) is 4.79 Å². The quantitative estimate of drug-likeness (QED) is 0.676. The summed E-state index contributed by atoms with van der Waals surface area (Å²) in [5, 5.41) is 0.251. The van der Waals surface area contributed by atoms with Gasteiger partial charge in [-0.15, -0.1) is 0 Å². The molecule has 1 atom stereocenters. The van der Waals surface area contributed by atoms with Gasteiger partial charge >= 0.3 is 5.97 Å². The average Bonchev–Trinajstić information content (AvgIpc) is 2.91. The molecule has 1 unspecified atom stereocenters. The van der Waals surface area contributed by atoms with Crippen LogP contribution in [0.3, 0.4) is 0 Å². The number of esters is 1. The number of halogens is 1. The lowest BCUT2D eigenvalue weighted by Gasteiger charge is -2.24. The highest BCUT2D eigenvalue weighted by atomic mass is 35.5. The van der Waals surface area contributed by atoms with Crippen molar-refractivity contribution in [1.82, 2.24) is 4.90 Å². The maximum Gasteiger partial charge on any atom is 0.339 e. The maximum atomic E-state index is 12.6. The molecule has 0 bridgehead atoms. The predicted molar refractivity (Wildman–Crippen MR) is 104 cm³/mol. The van der Waals surface area contributed by atoms with Crippen LogP contribution in [0.1, 0.15) is 56.8 Å². The third-order valence-electron chi connectivity index (χ3n) is 4.37. The Morgan fingerprint density at radius 1 is 1.07 bits per heavy atom. The van der Waals surface area contributed by atoms with Crippen molar-refractivity contribution in [3.8, 4) is 11.5 Å². The summed E-state index contributed by atoms with van der Waals surface area (Å²) in [6.07, 6.45) is 3.27. The first-order chi connectivity index (χ1) is 12.8. The van der Waals surface area contributed by atoms with Gasteiger partial charge in [0.25, 0.3) is 5.91 Å². The van der Waals surface area contributed by atoms with Crippen LogP contribution >= 0.6 is 11.6 Å². The molecule has 27 heavy (non-hydrogen) atoms. The highest BCUT2D eigenvalue weighted by Crippen LogP contribution is 2.37. The number of likely N-dealkylation sites (tertiary alicyclic amines) is 1. The van der Waals surface area contributed by atoms with Crippen LogP contribution in [-0.4, -0.2) is 49.2 Å². The highest BCUT2D eigenvalue weighted by molar-refractivity contribution is 6.32. The van der Waals surface area contributed by atoms with Crippen molar-refractivity contribution < 1.29 is 23.8 Å². The summed E-state index contributed by atoms with van der Waals surface area (Å²) in [5.74, 6) is -0.0703. The Bertz CT molecular complexity index is 669. The minimum absolute atomic E-state index is 0.0968. The van der Waals surface area contributed by atoms with Crippen molar-refractivity contribution >= 4 is 23.5 Å². The van der Waals surface area contributed by atoms with E-state index in [0.29, 0.717) is 24.6 Å². The van der Waals surface area contributed by atoms with Crippen molar-refractivity contribution in [2.24, 2.45) is 0 Å². The monoisotopic (exact) mass is 397 g/mol. The van der Waals surface area contributed by atoms with Crippen LogP contribution in [0.25, 0.3) is 0 Å². The summed E-state index contributed by atoms with van der Waals surface area (Å²) in [4.78, 5) is 26.9. The zero-order valence-electron chi connectivity index (χ0n) is 16.4. The minimum Gasteiger partial charge on any atom is -0.493 e. The molecule has 0 radical (unpaired) electrons. The Morgan fingerprint density at radius 3 is 2.26 bits per heavy atom. The summed E-state index contributed by atoms with van der Waals surface area (Å²) in [7, 11) is 1.47. The van der Waals surface area contributed by atoms with Crippen LogP contribution < -0.4 is 9.47 Å². The molecule has 2 rings (SSSR count). The molecular formula is C20H28ClNO5. The summed E-state index contributed by atoms with van der Waals surface area (Å²) >= 11 is 6.25. The number of hydrogen-bond donors (Lipinski definition) is 0. The number of hydrogen-bond acceptors (Lipinski definition) is 5. The first-order valence-electron chi connectivity index (χ1n) is 9.37. The number of carbonyl (C=O) groups excluding carboxylic acids is 2. The molecule has 1 aliphatic rings. The van der Waals surface area contributed by atoms with E-state index >= 15 is 0 Å². The van der Waals surface area contributed by atoms with Gasteiger partial charge in [-0.3, -0.25) is 4.79 Å². The van der Waals surface area contributed by atoms with E-state index in [9.17, 15) is 9.59 Å². The molecule has 1 heterocycles. The SMILES string of the molecule is COc1cc(C(=O)OC(C)C(=O)N2CCCCCC2)cc(Cl)c1OC(C)C. The van der Waals surface area contributed by atoms with Gasteiger partial charge in [-0.2, -0.15) is 0 Å². The van der Waals surface area contributed by atoms with Gasteiger partial charge in [0.2, 0.25) is 0 Å². The van der Waals surface area contributed by atoms with E-state index in [1.807, 2.05) is 13.8 Å². The van der Waals surface area contributed by atoms with E-state index in [2.05, 4.69) is 0 Å². The van der Waals surface area contributed by atoms with Gasteiger partial charge in [0.15, 0.2) is 17.6 Å². The lowest BCUT2D eigenvalue weighted by molar-refractivity contribution is -0.139. The second kappa shape index (κ2) is 9.83. The van der Waals surface area contributed by atoms with E-state index in [4.69, 9.17) is 25.8 Å². The van der Waals surface area contributed by atoms with E-state index in [1.165, 1.54) is 19.2 Å². The Labute approximate surface area is 165 Å². The van der Waals surface area contributed by atoms with Crippen molar-refractivity contribution in [2.75, 3.05) is 20.2 Å². The number of nitrogens with zero attached hydrogens (tertiary/aromatic N) is 1. The predicted octanol–water partition coefficient (Wildman–Crippen LogP) is 4.08. The summed E-state index contributed by atoms with van der Waals surface area (Å²) in [5.41, 5.74) is 0.212. The molecule has 1 saturated heterocycles. The Kier molecular flexibility index (Phi) is 7.78. The highest BCUT2D eigenvalue weighted by Gasteiger charge is 2.26. The van der Waals surface area contributed by atoms with Crippen molar-refractivity contribution in [2.45, 2.75) is 58.7 Å². The van der Waals surface area contributed by atoms with Crippen molar-refractivity contribution in [1.29, 1.82) is 0 Å². The number of amides is 1. The van der Waals surface area contributed by atoms with E-state index < -0.39 is 12.1 Å². The Balaban J connectivity index is 2.10. The number of rotatable bonds is 6. The fraction of sp³-hybridized carbons (Fsp3) is 0.600. The molecule has 0 spiro atoms. The molecule has 0 aromatic heterocycles. The number of carbonyl (C=O) groups is 2.